The average molecular weight is 128 g/mol. The van der Waals surface area contributed by atoms with Gasteiger partial charge in [-0.15, -0.1) is 0 Å². The molecule has 0 saturated heterocycles. The molecular weight excluding hydrogens is 122 g/mol. The van der Waals surface area contributed by atoms with Crippen LogP contribution in [-0.4, -0.2) is 31.3 Å². The minimum Gasteiger partial charge on any atom is -0.284 e. The van der Waals surface area contributed by atoms with E-state index in [-0.39, 0.29) is 0 Å². The third-order valence-electron chi connectivity index (χ3n) is 0.402. The molecule has 0 aromatic heterocycles. The van der Waals surface area contributed by atoms with E-state index in [0.29, 0.717) is 0 Å². The predicted octanol–water partition coefficient (Wildman–Crippen LogP) is -0.449. The van der Waals surface area contributed by atoms with Crippen LogP contribution in [0.25, 0.3) is 0 Å². The second-order valence-corrected chi connectivity index (χ2v) is 1.44. The minimum absolute atomic E-state index is 0.997. The molecule has 0 aromatic rings. The van der Waals surface area contributed by atoms with E-state index < -0.39 is 5.91 Å². The Balaban J connectivity index is 3.70. The van der Waals surface area contributed by atoms with Crippen LogP contribution in [0.5, 0.6) is 0 Å². The molecule has 5 nitrogen and oxygen atoms in total. The van der Waals surface area contributed by atoms with E-state index in [9.17, 15) is 9.59 Å². The first-order chi connectivity index (χ1) is 4.16. The lowest BCUT2D eigenvalue weighted by Gasteiger charge is -1.96. The number of nitrogens with zero attached hydrogens (tertiary/aromatic N) is 3. The first-order valence-electron chi connectivity index (χ1n) is 2.18. The summed E-state index contributed by atoms with van der Waals surface area (Å²) in [5.41, 5.74) is 0. The molecule has 0 heterocycles. The van der Waals surface area contributed by atoms with Crippen LogP contribution < -0.4 is 0 Å². The summed E-state index contributed by atoms with van der Waals surface area (Å²) >= 11 is 0. The number of carbonyl (C=O) groups excluding carboxylic acids is 2. The normalized spacial score (nSPS) is 9.56. The Kier molecular flexibility index (Phi) is 3.19. The monoisotopic (exact) mass is 128 g/mol. The molecule has 0 atom stereocenters. The van der Waals surface area contributed by atoms with Crippen molar-refractivity contribution in [1.82, 2.24) is 5.01 Å². The topological polar surface area (TPSA) is 62.1 Å². The molecular formula is C4H6N3O2. The van der Waals surface area contributed by atoms with E-state index in [1.807, 2.05) is 0 Å². The van der Waals surface area contributed by atoms with Crippen LogP contribution >= 0.6 is 0 Å². The van der Waals surface area contributed by atoms with E-state index in [0.717, 1.165) is 6.29 Å². The highest BCUT2D eigenvalue weighted by molar-refractivity contribution is 6.24. The van der Waals surface area contributed by atoms with Gasteiger partial charge in [-0.3, -0.25) is 14.6 Å². The summed E-state index contributed by atoms with van der Waals surface area (Å²) in [4.78, 5) is 19.5. The standard InChI is InChI=1S/C4H6N3O2/c1-7(2)6-5-4(9)3-8/h1-2H3. The molecule has 0 saturated carbocycles. The Bertz CT molecular complexity index is 141. The lowest BCUT2D eigenvalue weighted by Crippen LogP contribution is -2.02. The fourth-order valence-corrected chi connectivity index (χ4v) is 0.150. The molecule has 0 rings (SSSR count). The first-order valence-corrected chi connectivity index (χ1v) is 2.18. The van der Waals surface area contributed by atoms with Crippen molar-refractivity contribution < 1.29 is 9.59 Å². The molecule has 0 aliphatic heterocycles. The summed E-state index contributed by atoms with van der Waals surface area (Å²) in [5.74, 6) is -0.997. The quantitative estimate of drug-likeness (QED) is 0.287. The van der Waals surface area contributed by atoms with Gasteiger partial charge in [0.1, 0.15) is 0 Å². The van der Waals surface area contributed by atoms with Gasteiger partial charge >= 0.3 is 5.91 Å². The Morgan fingerprint density at radius 1 is 1.56 bits per heavy atom. The molecule has 0 spiro atoms. The molecule has 0 bridgehead atoms. The average Bonchev–Trinajstić information content (AvgIpc) is 1.83. The van der Waals surface area contributed by atoms with Gasteiger partial charge in [0.2, 0.25) is 0 Å². The van der Waals surface area contributed by atoms with Crippen molar-refractivity contribution in [3.63, 3.8) is 0 Å². The zero-order valence-corrected chi connectivity index (χ0v) is 5.16. The van der Waals surface area contributed by atoms with E-state index in [1.54, 1.807) is 14.1 Å². The number of hydrogen-bond donors (Lipinski definition) is 0. The molecule has 49 valence electrons. The van der Waals surface area contributed by atoms with Crippen molar-refractivity contribution >= 4 is 12.2 Å². The fourth-order valence-electron chi connectivity index (χ4n) is 0.150. The summed E-state index contributed by atoms with van der Waals surface area (Å²) in [6.07, 6.45) is 1.04. The van der Waals surface area contributed by atoms with E-state index >= 15 is 0 Å². The number of hydrogen-bond acceptors (Lipinski definition) is 3. The van der Waals surface area contributed by atoms with Crippen molar-refractivity contribution in [3.05, 3.63) is 0 Å². The van der Waals surface area contributed by atoms with E-state index in [4.69, 9.17) is 0 Å². The van der Waals surface area contributed by atoms with Crippen molar-refractivity contribution in [3.8, 4) is 0 Å². The third kappa shape index (κ3) is 4.60. The molecule has 0 aliphatic carbocycles. The summed E-state index contributed by atoms with van der Waals surface area (Å²) in [7, 11) is 3.17. The van der Waals surface area contributed by atoms with Crippen LogP contribution in [0.2, 0.25) is 0 Å². The maximum absolute atomic E-state index is 10.0. The van der Waals surface area contributed by atoms with Crippen LogP contribution in [0.3, 0.4) is 0 Å². The predicted molar refractivity (Wildman–Crippen MR) is 29.2 cm³/mol. The summed E-state index contributed by atoms with van der Waals surface area (Å²) < 4.78 is 0. The van der Waals surface area contributed by atoms with Crippen molar-refractivity contribution in [1.29, 1.82) is 0 Å². The van der Waals surface area contributed by atoms with Gasteiger partial charge < -0.3 is 0 Å². The van der Waals surface area contributed by atoms with Gasteiger partial charge in [-0.05, 0) is 0 Å². The second-order valence-electron chi connectivity index (χ2n) is 1.44. The van der Waals surface area contributed by atoms with Gasteiger partial charge in [-0.1, -0.05) is 10.3 Å². The first kappa shape index (κ1) is 7.74. The molecule has 1 radical (unpaired) electrons. The van der Waals surface area contributed by atoms with Crippen molar-refractivity contribution in [2.24, 2.45) is 10.3 Å². The molecule has 0 aliphatic rings. The Labute approximate surface area is 52.3 Å². The maximum Gasteiger partial charge on any atom is 0.341 e. The van der Waals surface area contributed by atoms with Gasteiger partial charge in [-0.2, -0.15) is 0 Å². The number of rotatable bonds is 2. The zero-order chi connectivity index (χ0) is 7.28. The molecule has 0 N–H and O–H groups in total. The Morgan fingerprint density at radius 2 is 2.11 bits per heavy atom. The van der Waals surface area contributed by atoms with Gasteiger partial charge in [-0.25, -0.2) is 0 Å². The molecule has 1 amide bonds. The third-order valence-corrected chi connectivity index (χ3v) is 0.402. The lowest BCUT2D eigenvalue weighted by atomic mass is 10.7. The van der Waals surface area contributed by atoms with Crippen molar-refractivity contribution in [2.75, 3.05) is 14.1 Å². The van der Waals surface area contributed by atoms with Crippen LogP contribution in [-0.2, 0) is 9.59 Å². The van der Waals surface area contributed by atoms with Gasteiger partial charge in [0, 0.05) is 14.1 Å². The highest BCUT2D eigenvalue weighted by Gasteiger charge is 1.93. The number of amides is 1. The molecule has 0 fully saturated rings. The molecule has 0 unspecified atom stereocenters. The van der Waals surface area contributed by atoms with E-state index in [2.05, 4.69) is 10.3 Å². The van der Waals surface area contributed by atoms with Gasteiger partial charge in [0.25, 0.3) is 6.29 Å². The molecule has 5 heteroatoms. The van der Waals surface area contributed by atoms with Crippen LogP contribution in [0.4, 0.5) is 0 Å². The Morgan fingerprint density at radius 3 is 2.44 bits per heavy atom. The second kappa shape index (κ2) is 3.71. The highest BCUT2D eigenvalue weighted by Crippen LogP contribution is 1.77. The molecule has 0 aromatic carbocycles. The number of carbonyl (C=O) groups is 1. The SMILES string of the molecule is CN(C)N=NC(=O)[C]=O. The summed E-state index contributed by atoms with van der Waals surface area (Å²) in [5, 5.41) is 7.47. The summed E-state index contributed by atoms with van der Waals surface area (Å²) in [6, 6.07) is 0. The van der Waals surface area contributed by atoms with Crippen molar-refractivity contribution in [2.45, 2.75) is 0 Å². The van der Waals surface area contributed by atoms with Crippen LogP contribution in [0.15, 0.2) is 10.3 Å². The largest absolute Gasteiger partial charge is 0.341 e. The molecule has 9 heavy (non-hydrogen) atoms. The van der Waals surface area contributed by atoms with E-state index in [1.165, 1.54) is 5.01 Å². The maximum atomic E-state index is 10.0. The highest BCUT2D eigenvalue weighted by atomic mass is 16.2. The van der Waals surface area contributed by atoms with Gasteiger partial charge in [0.05, 0.1) is 0 Å². The Hall–Kier alpha value is -1.26. The van der Waals surface area contributed by atoms with Crippen LogP contribution in [0.1, 0.15) is 0 Å². The lowest BCUT2D eigenvalue weighted by molar-refractivity contribution is -0.112. The smallest absolute Gasteiger partial charge is 0.284 e. The van der Waals surface area contributed by atoms with Crippen LogP contribution in [0, 0.1) is 0 Å². The zero-order valence-electron chi connectivity index (χ0n) is 5.16. The minimum atomic E-state index is -0.997. The summed E-state index contributed by atoms with van der Waals surface area (Å²) in [6.45, 7) is 0. The fraction of sp³-hybridized carbons (Fsp3) is 0.500. The van der Waals surface area contributed by atoms with Gasteiger partial charge in [0.15, 0.2) is 0 Å².